The average Bonchev–Trinajstić information content (AvgIpc) is 3.32. The van der Waals surface area contributed by atoms with Crippen LogP contribution in [0.5, 0.6) is 0 Å². The van der Waals surface area contributed by atoms with Crippen molar-refractivity contribution in [1.82, 2.24) is 24.1 Å². The van der Waals surface area contributed by atoms with Crippen LogP contribution in [0.4, 0.5) is 5.82 Å². The first-order valence-corrected chi connectivity index (χ1v) is 10.1. The summed E-state index contributed by atoms with van der Waals surface area (Å²) >= 11 is 0. The smallest absolute Gasteiger partial charge is 0.165 e. The number of benzene rings is 1. The second-order valence-corrected chi connectivity index (χ2v) is 8.42. The molecule has 0 aliphatic rings. The molecule has 1 aromatic carbocycles. The number of hydrogen-bond acceptors (Lipinski definition) is 4. The maximum absolute atomic E-state index is 5.02. The predicted molar refractivity (Wildman–Crippen MR) is 117 cm³/mol. The van der Waals surface area contributed by atoms with Gasteiger partial charge in [-0.1, -0.05) is 51.1 Å². The van der Waals surface area contributed by atoms with E-state index in [1.165, 1.54) is 0 Å². The largest absolute Gasteiger partial charge is 0.370 e. The van der Waals surface area contributed by atoms with Crippen LogP contribution >= 0.6 is 0 Å². The second kappa shape index (κ2) is 7.70. The Bertz CT molecular complexity index is 1090. The Hall–Kier alpha value is -3.15. The molecule has 6 heteroatoms. The van der Waals surface area contributed by atoms with Gasteiger partial charge in [0.05, 0.1) is 17.7 Å². The summed E-state index contributed by atoms with van der Waals surface area (Å²) in [5.74, 6) is 0.982. The van der Waals surface area contributed by atoms with E-state index in [1.54, 1.807) is 0 Å². The number of aryl methyl sites for hydroxylation is 2. The molecule has 0 amide bonds. The van der Waals surface area contributed by atoms with Crippen molar-refractivity contribution in [2.24, 2.45) is 0 Å². The Morgan fingerprint density at radius 2 is 1.90 bits per heavy atom. The van der Waals surface area contributed by atoms with Gasteiger partial charge in [-0.3, -0.25) is 0 Å². The normalized spacial score (nSPS) is 11.9. The highest BCUT2D eigenvalue weighted by atomic mass is 15.3. The Morgan fingerprint density at radius 3 is 2.59 bits per heavy atom. The van der Waals surface area contributed by atoms with E-state index in [-0.39, 0.29) is 5.41 Å². The number of nitrogens with one attached hydrogen (secondary N) is 1. The van der Waals surface area contributed by atoms with Crippen LogP contribution < -0.4 is 5.32 Å². The van der Waals surface area contributed by atoms with E-state index < -0.39 is 0 Å². The summed E-state index contributed by atoms with van der Waals surface area (Å²) in [6.07, 6.45) is 6.65. The fourth-order valence-electron chi connectivity index (χ4n) is 3.47. The van der Waals surface area contributed by atoms with E-state index in [1.807, 2.05) is 29.3 Å². The van der Waals surface area contributed by atoms with Crippen molar-refractivity contribution in [1.29, 1.82) is 0 Å². The number of imidazole rings is 1. The zero-order valence-corrected chi connectivity index (χ0v) is 17.6. The first-order valence-electron chi connectivity index (χ1n) is 10.1. The van der Waals surface area contributed by atoms with Gasteiger partial charge in [-0.25, -0.2) is 9.97 Å². The minimum absolute atomic E-state index is 0.0544. The Kier molecular flexibility index (Phi) is 5.09. The summed E-state index contributed by atoms with van der Waals surface area (Å²) in [4.78, 5) is 9.12. The molecule has 0 atom stereocenters. The summed E-state index contributed by atoms with van der Waals surface area (Å²) in [5.41, 5.74) is 5.12. The maximum Gasteiger partial charge on any atom is 0.165 e. The molecular weight excluding hydrogens is 360 g/mol. The number of rotatable bonds is 6. The molecule has 0 fully saturated rings. The zero-order valence-electron chi connectivity index (χ0n) is 17.6. The lowest BCUT2D eigenvalue weighted by atomic mass is 9.92. The molecule has 1 N–H and O–H groups in total. The van der Waals surface area contributed by atoms with Crippen LogP contribution in [0.3, 0.4) is 0 Å². The highest BCUT2D eigenvalue weighted by molar-refractivity contribution is 5.81. The van der Waals surface area contributed by atoms with Crippen molar-refractivity contribution < 1.29 is 0 Å². The molecule has 3 aromatic heterocycles. The van der Waals surface area contributed by atoms with Gasteiger partial charge in [-0.05, 0) is 18.9 Å². The highest BCUT2D eigenvalue weighted by Gasteiger charge is 2.22. The molecule has 0 aliphatic heterocycles. The molecule has 0 saturated heterocycles. The van der Waals surface area contributed by atoms with Gasteiger partial charge in [0, 0.05) is 42.5 Å². The number of fused-ring (bicyclic) bond motifs is 1. The fraction of sp³-hybridized carbons (Fsp3) is 0.348. The highest BCUT2D eigenvalue weighted by Crippen LogP contribution is 2.31. The molecule has 4 aromatic rings. The molecule has 4 rings (SSSR count). The third-order valence-corrected chi connectivity index (χ3v) is 5.05. The third-order valence-electron chi connectivity index (χ3n) is 5.05. The van der Waals surface area contributed by atoms with Crippen molar-refractivity contribution in [2.45, 2.75) is 46.1 Å². The summed E-state index contributed by atoms with van der Waals surface area (Å²) in [5, 5.41) is 8.40. The van der Waals surface area contributed by atoms with Crippen LogP contribution in [0.1, 0.15) is 38.6 Å². The quantitative estimate of drug-likeness (QED) is 0.486. The van der Waals surface area contributed by atoms with Crippen molar-refractivity contribution in [3.63, 3.8) is 0 Å². The molecule has 0 aliphatic carbocycles. The van der Waals surface area contributed by atoms with Crippen molar-refractivity contribution in [3.05, 3.63) is 66.5 Å². The number of nitrogens with zero attached hydrogens (tertiary/aromatic N) is 5. The summed E-state index contributed by atoms with van der Waals surface area (Å²) < 4.78 is 4.04. The van der Waals surface area contributed by atoms with Gasteiger partial charge in [-0.15, -0.1) is 0 Å². The van der Waals surface area contributed by atoms with Crippen LogP contribution in [-0.2, 0) is 12.0 Å². The summed E-state index contributed by atoms with van der Waals surface area (Å²) in [6, 6.07) is 12.5. The second-order valence-electron chi connectivity index (χ2n) is 8.42. The van der Waals surface area contributed by atoms with Gasteiger partial charge in [0.2, 0.25) is 0 Å². The standard InChI is InChI=1S/C23H28N6/c1-17-21(18-9-6-5-7-10-18)22-26-19(23(2,3)4)15-20(29(22)27-17)25-11-8-13-28-14-12-24-16-28/h5-7,9-10,12,14-16,25H,8,11,13H2,1-4H3. The molecule has 29 heavy (non-hydrogen) atoms. The third kappa shape index (κ3) is 4.01. The lowest BCUT2D eigenvalue weighted by Crippen LogP contribution is -2.17. The maximum atomic E-state index is 5.02. The van der Waals surface area contributed by atoms with Crippen molar-refractivity contribution in [3.8, 4) is 11.1 Å². The molecule has 0 unspecified atom stereocenters. The van der Waals surface area contributed by atoms with Crippen LogP contribution in [0.15, 0.2) is 55.1 Å². The molecule has 0 spiro atoms. The lowest BCUT2D eigenvalue weighted by Gasteiger charge is -2.20. The van der Waals surface area contributed by atoms with Crippen LogP contribution in [0.2, 0.25) is 0 Å². The molecule has 6 nitrogen and oxygen atoms in total. The summed E-state index contributed by atoms with van der Waals surface area (Å²) in [6.45, 7) is 10.4. The minimum Gasteiger partial charge on any atom is -0.370 e. The van der Waals surface area contributed by atoms with E-state index in [9.17, 15) is 0 Å². The Balaban J connectivity index is 1.71. The molecule has 3 heterocycles. The van der Waals surface area contributed by atoms with E-state index in [0.717, 1.165) is 53.5 Å². The topological polar surface area (TPSA) is 60.0 Å². The Morgan fingerprint density at radius 1 is 1.10 bits per heavy atom. The van der Waals surface area contributed by atoms with Gasteiger partial charge in [0.25, 0.3) is 0 Å². The molecule has 0 radical (unpaired) electrons. The van der Waals surface area contributed by atoms with Gasteiger partial charge in [-0.2, -0.15) is 9.61 Å². The van der Waals surface area contributed by atoms with Crippen LogP contribution in [0, 0.1) is 6.92 Å². The van der Waals surface area contributed by atoms with Crippen LogP contribution in [-0.4, -0.2) is 30.7 Å². The summed E-state index contributed by atoms with van der Waals surface area (Å²) in [7, 11) is 0. The van der Waals surface area contributed by atoms with Gasteiger partial charge >= 0.3 is 0 Å². The SMILES string of the molecule is Cc1nn2c(NCCCn3ccnc3)cc(C(C)(C)C)nc2c1-c1ccccc1. The van der Waals surface area contributed by atoms with Gasteiger partial charge < -0.3 is 9.88 Å². The van der Waals surface area contributed by atoms with E-state index >= 15 is 0 Å². The number of aromatic nitrogens is 5. The fourth-order valence-corrected chi connectivity index (χ4v) is 3.47. The molecule has 150 valence electrons. The first kappa shape index (κ1) is 19.2. The average molecular weight is 389 g/mol. The number of hydrogen-bond donors (Lipinski definition) is 1. The molecular formula is C23H28N6. The number of anilines is 1. The van der Waals surface area contributed by atoms with Crippen LogP contribution in [0.25, 0.3) is 16.8 Å². The lowest BCUT2D eigenvalue weighted by molar-refractivity contribution is 0.568. The van der Waals surface area contributed by atoms with Gasteiger partial charge in [0.15, 0.2) is 5.65 Å². The minimum atomic E-state index is -0.0544. The van der Waals surface area contributed by atoms with Crippen molar-refractivity contribution >= 4 is 11.5 Å². The predicted octanol–water partition coefficient (Wildman–Crippen LogP) is 4.70. The Labute approximate surface area is 171 Å². The van der Waals surface area contributed by atoms with Crippen molar-refractivity contribution in [2.75, 3.05) is 11.9 Å². The van der Waals surface area contributed by atoms with E-state index in [2.05, 4.69) is 72.9 Å². The van der Waals surface area contributed by atoms with E-state index in [0.29, 0.717) is 0 Å². The zero-order chi connectivity index (χ0) is 20.4. The molecule has 0 bridgehead atoms. The van der Waals surface area contributed by atoms with E-state index in [4.69, 9.17) is 10.1 Å². The van der Waals surface area contributed by atoms with Gasteiger partial charge in [0.1, 0.15) is 5.82 Å². The first-order chi connectivity index (χ1) is 13.9. The monoisotopic (exact) mass is 388 g/mol. The molecule has 0 saturated carbocycles.